The fourth-order valence-electron chi connectivity index (χ4n) is 3.30. The molecule has 2 aromatic rings. The fraction of sp³-hybridized carbons (Fsp3) is 0.522. The average Bonchev–Trinajstić information content (AvgIpc) is 3.12. The third-order valence-corrected chi connectivity index (χ3v) is 5.94. The third-order valence-electron chi connectivity index (χ3n) is 5.09. The average molecular weight is 417 g/mol. The van der Waals surface area contributed by atoms with Crippen molar-refractivity contribution in [2.45, 2.75) is 65.2 Å². The molecule has 29 heavy (non-hydrogen) atoms. The van der Waals surface area contributed by atoms with Gasteiger partial charge >= 0.3 is 5.97 Å². The van der Waals surface area contributed by atoms with E-state index in [1.807, 2.05) is 12.3 Å². The van der Waals surface area contributed by atoms with Gasteiger partial charge in [0, 0.05) is 17.8 Å². The van der Waals surface area contributed by atoms with Crippen LogP contribution in [0.3, 0.4) is 0 Å². The van der Waals surface area contributed by atoms with Gasteiger partial charge in [-0.2, -0.15) is 0 Å². The first-order chi connectivity index (χ1) is 13.8. The van der Waals surface area contributed by atoms with Crippen LogP contribution in [0, 0.1) is 12.8 Å². The lowest BCUT2D eigenvalue weighted by Gasteiger charge is -2.31. The summed E-state index contributed by atoms with van der Waals surface area (Å²) in [4.78, 5) is 29.0. The topological polar surface area (TPSA) is 79.3 Å². The Labute approximate surface area is 177 Å². The van der Waals surface area contributed by atoms with Gasteiger partial charge < -0.3 is 14.6 Å². The zero-order chi connectivity index (χ0) is 21.4. The maximum Gasteiger partial charge on any atom is 0.318 e. The quantitative estimate of drug-likeness (QED) is 0.521. The molecule has 6 heteroatoms. The molecule has 158 valence electrons. The van der Waals surface area contributed by atoms with Crippen LogP contribution in [-0.2, 0) is 26.2 Å². The van der Waals surface area contributed by atoms with Crippen molar-refractivity contribution < 1.29 is 19.4 Å². The first-order valence-corrected chi connectivity index (χ1v) is 11.0. The third kappa shape index (κ3) is 6.39. The van der Waals surface area contributed by atoms with E-state index in [1.165, 1.54) is 16.9 Å². The number of benzene rings is 1. The van der Waals surface area contributed by atoms with Crippen molar-refractivity contribution in [2.24, 2.45) is 5.92 Å². The van der Waals surface area contributed by atoms with Crippen molar-refractivity contribution in [2.75, 3.05) is 6.61 Å². The number of ether oxygens (including phenoxy) is 1. The van der Waals surface area contributed by atoms with Crippen LogP contribution in [0.15, 0.2) is 29.6 Å². The van der Waals surface area contributed by atoms with Gasteiger partial charge in [0.1, 0.15) is 5.41 Å². The highest BCUT2D eigenvalue weighted by molar-refractivity contribution is 7.09. The number of thiazole rings is 1. The number of aromatic nitrogens is 1. The number of esters is 1. The number of carbonyl (C=O) groups excluding carboxylic acids is 2. The van der Waals surface area contributed by atoms with Gasteiger partial charge in [-0.05, 0) is 51.0 Å². The second-order valence-electron chi connectivity index (χ2n) is 7.90. The van der Waals surface area contributed by atoms with Gasteiger partial charge in [-0.3, -0.25) is 4.79 Å². The van der Waals surface area contributed by atoms with Crippen molar-refractivity contribution in [1.29, 1.82) is 0 Å². The predicted octanol–water partition coefficient (Wildman–Crippen LogP) is 3.81. The Morgan fingerprint density at radius 1 is 1.21 bits per heavy atom. The summed E-state index contributed by atoms with van der Waals surface area (Å²) in [5.74, 6) is -1.19. The second kappa shape index (κ2) is 10.5. The lowest BCUT2D eigenvalue weighted by molar-refractivity contribution is -0.306. The summed E-state index contributed by atoms with van der Waals surface area (Å²) >= 11 is 1.50. The summed E-state index contributed by atoms with van der Waals surface area (Å²) in [5.41, 5.74) is 1.91. The highest BCUT2D eigenvalue weighted by atomic mass is 32.1. The molecule has 1 aromatic carbocycles. The molecule has 0 aliphatic rings. The summed E-state index contributed by atoms with van der Waals surface area (Å²) in [6.07, 6.45) is 1.88. The lowest BCUT2D eigenvalue weighted by Crippen LogP contribution is -2.40. The van der Waals surface area contributed by atoms with Crippen molar-refractivity contribution in [1.82, 2.24) is 4.98 Å². The maximum atomic E-state index is 13.0. The van der Waals surface area contributed by atoms with Gasteiger partial charge in [0.25, 0.3) is 0 Å². The van der Waals surface area contributed by atoms with Crippen LogP contribution in [0.1, 0.15) is 68.3 Å². The van der Waals surface area contributed by atoms with Crippen molar-refractivity contribution in [3.63, 3.8) is 0 Å². The summed E-state index contributed by atoms with van der Waals surface area (Å²) in [6.45, 7) is 8.21. The molecule has 0 N–H and O–H groups in total. The van der Waals surface area contributed by atoms with Gasteiger partial charge in [0.05, 0.1) is 17.3 Å². The van der Waals surface area contributed by atoms with E-state index in [0.29, 0.717) is 24.5 Å². The molecular formula is C23H30NO4S-. The fourth-order valence-corrected chi connectivity index (χ4v) is 4.23. The van der Waals surface area contributed by atoms with Gasteiger partial charge in [-0.15, -0.1) is 11.3 Å². The first-order valence-electron chi connectivity index (χ1n) is 10.1. The number of hydrogen-bond acceptors (Lipinski definition) is 6. The van der Waals surface area contributed by atoms with Crippen LogP contribution in [0.4, 0.5) is 0 Å². The Bertz CT molecular complexity index is 813. The Morgan fingerprint density at radius 2 is 1.90 bits per heavy atom. The maximum absolute atomic E-state index is 13.0. The van der Waals surface area contributed by atoms with E-state index in [1.54, 1.807) is 6.92 Å². The molecule has 0 saturated carbocycles. The van der Waals surface area contributed by atoms with Crippen LogP contribution in [0.5, 0.6) is 0 Å². The van der Waals surface area contributed by atoms with Crippen molar-refractivity contribution >= 4 is 23.3 Å². The molecule has 0 aliphatic heterocycles. The van der Waals surface area contributed by atoms with Crippen molar-refractivity contribution in [3.8, 4) is 0 Å². The molecule has 1 aromatic heterocycles. The summed E-state index contributed by atoms with van der Waals surface area (Å²) in [5, 5.41) is 14.0. The Kier molecular flexibility index (Phi) is 8.38. The van der Waals surface area contributed by atoms with E-state index in [-0.39, 0.29) is 19.4 Å². The zero-order valence-corrected chi connectivity index (χ0v) is 18.5. The molecule has 0 saturated heterocycles. The van der Waals surface area contributed by atoms with Crippen LogP contribution < -0.4 is 5.11 Å². The van der Waals surface area contributed by atoms with E-state index in [9.17, 15) is 14.7 Å². The molecule has 2 rings (SSSR count). The van der Waals surface area contributed by atoms with Crippen LogP contribution in [-0.4, -0.2) is 23.5 Å². The highest BCUT2D eigenvalue weighted by Gasteiger charge is 2.43. The minimum absolute atomic E-state index is 0.134. The molecule has 0 spiro atoms. The number of nitrogens with zero attached hydrogens (tertiary/aromatic N) is 1. The summed E-state index contributed by atoms with van der Waals surface area (Å²) in [7, 11) is 0. The molecule has 0 fully saturated rings. The smallest absolute Gasteiger partial charge is 0.318 e. The monoisotopic (exact) mass is 416 g/mol. The van der Waals surface area contributed by atoms with Gasteiger partial charge in [0.15, 0.2) is 0 Å². The van der Waals surface area contributed by atoms with Gasteiger partial charge in [-0.25, -0.2) is 4.98 Å². The molecule has 0 aliphatic carbocycles. The number of aryl methyl sites for hydroxylation is 1. The molecule has 1 heterocycles. The number of aliphatic carboxylic acids is 1. The molecule has 1 atom stereocenters. The van der Waals surface area contributed by atoms with Gasteiger partial charge in [0.2, 0.25) is 0 Å². The second-order valence-corrected chi connectivity index (χ2v) is 8.84. The molecule has 0 amide bonds. The largest absolute Gasteiger partial charge is 0.550 e. The Morgan fingerprint density at radius 3 is 2.48 bits per heavy atom. The molecule has 0 unspecified atom stereocenters. The first kappa shape index (κ1) is 23.1. The zero-order valence-electron chi connectivity index (χ0n) is 17.7. The van der Waals surface area contributed by atoms with Gasteiger partial charge in [-0.1, -0.05) is 43.7 Å². The highest BCUT2D eigenvalue weighted by Crippen LogP contribution is 2.38. The van der Waals surface area contributed by atoms with Crippen LogP contribution in [0.2, 0.25) is 0 Å². The normalized spacial score (nSPS) is 13.3. The minimum Gasteiger partial charge on any atom is -0.550 e. The molecular weight excluding hydrogens is 386 g/mol. The van der Waals surface area contributed by atoms with E-state index in [4.69, 9.17) is 9.72 Å². The minimum atomic E-state index is -1.17. The van der Waals surface area contributed by atoms with Crippen LogP contribution in [0.25, 0.3) is 0 Å². The Hall–Kier alpha value is -2.21. The molecule has 0 bridgehead atoms. The molecule has 5 nitrogen and oxygen atoms in total. The van der Waals surface area contributed by atoms with Crippen LogP contribution >= 0.6 is 11.3 Å². The number of rotatable bonds is 11. The SMILES string of the molecule is CCOC(=O)[C@@](CCC(=O)[O-])(CCC(C)C)c1csc(Cc2ccc(C)cc2)n1. The standard InChI is InChI=1S/C23H31NO4S/c1-5-28-22(27)23(12-10-16(2)3,13-11-21(25)26)19-15-29-20(24-19)14-18-8-6-17(4)7-9-18/h6-9,15-16H,5,10-14H2,1-4H3,(H,25,26)/p-1/t23-/m1/s1. The van der Waals surface area contributed by atoms with E-state index in [2.05, 4.69) is 38.1 Å². The lowest BCUT2D eigenvalue weighted by atomic mass is 9.75. The summed E-state index contributed by atoms with van der Waals surface area (Å²) in [6, 6.07) is 8.28. The Balaban J connectivity index is 2.37. The van der Waals surface area contributed by atoms with E-state index < -0.39 is 17.4 Å². The number of carboxylic acids is 1. The molecule has 0 radical (unpaired) electrons. The number of carboxylic acid groups (broad SMARTS) is 1. The predicted molar refractivity (Wildman–Crippen MR) is 113 cm³/mol. The number of carbonyl (C=O) groups is 2. The van der Waals surface area contributed by atoms with E-state index in [0.717, 1.165) is 17.0 Å². The number of hydrogen-bond donors (Lipinski definition) is 0. The summed E-state index contributed by atoms with van der Waals surface area (Å²) < 4.78 is 5.38. The van der Waals surface area contributed by atoms with E-state index >= 15 is 0 Å². The van der Waals surface area contributed by atoms with Crippen molar-refractivity contribution in [3.05, 3.63) is 51.5 Å².